The lowest BCUT2D eigenvalue weighted by Gasteiger charge is -2.49. The summed E-state index contributed by atoms with van der Waals surface area (Å²) >= 11 is 3.91. The Bertz CT molecular complexity index is 1340. The number of nitrogens with one attached hydrogen (secondary N) is 1. The molecule has 0 bridgehead atoms. The van der Waals surface area contributed by atoms with Gasteiger partial charge >= 0.3 is 5.97 Å². The van der Waals surface area contributed by atoms with E-state index in [1.165, 1.54) is 21.5 Å². The van der Waals surface area contributed by atoms with E-state index >= 15 is 0 Å². The number of β-lactam (4-membered cyclic amide) rings is 1. The number of hydrogen-bond donors (Lipinski definition) is 3. The molecule has 38 heavy (non-hydrogen) atoms. The fourth-order valence-corrected chi connectivity index (χ4v) is 7.66. The third-order valence-electron chi connectivity index (χ3n) is 6.45. The predicted molar refractivity (Wildman–Crippen MR) is 139 cm³/mol. The van der Waals surface area contributed by atoms with Gasteiger partial charge in [0.05, 0.1) is 6.10 Å². The van der Waals surface area contributed by atoms with Crippen molar-refractivity contribution in [2.24, 2.45) is 5.16 Å². The van der Waals surface area contributed by atoms with E-state index in [0.717, 1.165) is 36.5 Å². The molecule has 0 aromatic carbocycles. The maximum Gasteiger partial charge on any atom is 0.352 e. The van der Waals surface area contributed by atoms with E-state index in [9.17, 15) is 19.5 Å². The van der Waals surface area contributed by atoms with Gasteiger partial charge in [-0.05, 0) is 19.8 Å². The molecule has 13 nitrogen and oxygen atoms in total. The number of anilines is 1. The van der Waals surface area contributed by atoms with E-state index in [1.807, 2.05) is 5.51 Å². The van der Waals surface area contributed by atoms with Crippen LogP contribution in [0.25, 0.3) is 0 Å². The summed E-state index contributed by atoms with van der Waals surface area (Å²) in [5.74, 6) is -2.02. The molecule has 1 aliphatic carbocycles. The topological polar surface area (TPSA) is 173 Å². The number of nitrogen functional groups attached to an aromatic ring is 1. The Balaban J connectivity index is 1.35. The second kappa shape index (κ2) is 11.0. The second-order valence-corrected chi connectivity index (χ2v) is 11.5. The average Bonchev–Trinajstić information content (AvgIpc) is 3.53. The maximum atomic E-state index is 13.1. The van der Waals surface area contributed by atoms with Crippen molar-refractivity contribution in [2.45, 2.75) is 50.3 Å². The third-order valence-corrected chi connectivity index (χ3v) is 9.44. The maximum absolute atomic E-state index is 13.1. The molecule has 2 amide bonds. The number of ether oxygens (including phenoxy) is 1. The van der Waals surface area contributed by atoms with Crippen molar-refractivity contribution in [2.75, 3.05) is 25.2 Å². The monoisotopic (exact) mass is 580 g/mol. The molecule has 0 radical (unpaired) electrons. The van der Waals surface area contributed by atoms with E-state index in [0.29, 0.717) is 17.9 Å². The Morgan fingerprint density at radius 2 is 2.24 bits per heavy atom. The summed E-state index contributed by atoms with van der Waals surface area (Å²) in [6, 6.07) is -0.935. The van der Waals surface area contributed by atoms with Gasteiger partial charge in [0.25, 0.3) is 11.8 Å². The number of carbonyl (C=O) groups excluding carboxylic acids is 2. The number of carbonyl (C=O) groups is 3. The molecule has 202 valence electrons. The number of carboxylic acid groups (broad SMARTS) is 1. The highest BCUT2D eigenvalue weighted by molar-refractivity contribution is 8.00. The zero-order valence-corrected chi connectivity index (χ0v) is 23.0. The van der Waals surface area contributed by atoms with Crippen LogP contribution in [0.3, 0.4) is 0 Å². The molecule has 2 aliphatic heterocycles. The zero-order valence-electron chi connectivity index (χ0n) is 20.6. The van der Waals surface area contributed by atoms with Crippen molar-refractivity contribution in [1.29, 1.82) is 0 Å². The number of carboxylic acids is 1. The lowest BCUT2D eigenvalue weighted by Crippen LogP contribution is -2.71. The molecule has 1 fully saturated rings. The van der Waals surface area contributed by atoms with Crippen molar-refractivity contribution >= 4 is 63.3 Å². The van der Waals surface area contributed by atoms with E-state index in [-0.39, 0.29) is 35.1 Å². The lowest BCUT2D eigenvalue weighted by atomic mass is 9.99. The first kappa shape index (κ1) is 26.5. The highest BCUT2D eigenvalue weighted by Crippen LogP contribution is 2.41. The molecule has 0 saturated carbocycles. The molecule has 2 aromatic heterocycles. The van der Waals surface area contributed by atoms with Crippen LogP contribution < -0.4 is 15.6 Å². The van der Waals surface area contributed by atoms with Crippen LogP contribution in [0.1, 0.15) is 42.3 Å². The first-order chi connectivity index (χ1) is 18.3. The summed E-state index contributed by atoms with van der Waals surface area (Å²) in [5.41, 5.74) is 9.17. The SMILES string of the molecule is CCO/N=C(/C(=O)N[C@@H]1C(=O)N2C(C(=O)O)=C(C[n+]3csc4c3CCCC4OC)CS[C@H]12)c1nsc(N)n1. The van der Waals surface area contributed by atoms with Crippen LogP contribution in [0.2, 0.25) is 0 Å². The summed E-state index contributed by atoms with van der Waals surface area (Å²) in [4.78, 5) is 49.9. The second-order valence-electron chi connectivity index (χ2n) is 8.71. The molecule has 1 saturated heterocycles. The zero-order chi connectivity index (χ0) is 27.0. The number of hydrogen-bond acceptors (Lipinski definition) is 12. The Morgan fingerprint density at radius 1 is 1.42 bits per heavy atom. The summed E-state index contributed by atoms with van der Waals surface area (Å²) in [6.45, 7) is 2.27. The van der Waals surface area contributed by atoms with Gasteiger partial charge in [-0.1, -0.05) is 16.5 Å². The molecular weight excluding hydrogens is 554 g/mol. The van der Waals surface area contributed by atoms with Crippen LogP contribution in [0.5, 0.6) is 0 Å². The molecule has 3 atom stereocenters. The molecule has 16 heteroatoms. The van der Waals surface area contributed by atoms with Crippen LogP contribution >= 0.6 is 34.6 Å². The summed E-state index contributed by atoms with van der Waals surface area (Å²) in [7, 11) is 1.70. The summed E-state index contributed by atoms with van der Waals surface area (Å²) < 4.78 is 11.7. The molecule has 4 N–H and O–H groups in total. The molecule has 2 aromatic rings. The van der Waals surface area contributed by atoms with Gasteiger partial charge in [0.2, 0.25) is 17.0 Å². The number of aromatic nitrogens is 3. The van der Waals surface area contributed by atoms with Gasteiger partial charge in [0, 0.05) is 36.4 Å². The van der Waals surface area contributed by atoms with Gasteiger partial charge in [0.15, 0.2) is 17.4 Å². The minimum absolute atomic E-state index is 0.0152. The Kier molecular flexibility index (Phi) is 7.65. The van der Waals surface area contributed by atoms with Crippen LogP contribution in [0, 0.1) is 0 Å². The minimum Gasteiger partial charge on any atom is -0.477 e. The smallest absolute Gasteiger partial charge is 0.352 e. The number of aliphatic carboxylic acids is 1. The molecular formula is C22H26N7O6S3+. The standard InChI is InChI=1S/C22H25N7O6S3/c1-3-35-26-13(17-25-22(23)38-27-17)18(30)24-14-19(31)29-15(21(32)33)10(8-36-20(14)29)7-28-9-37-16-11(28)5-4-6-12(16)34-2/h9,12,14,20H,3-8H2,1-2H3,(H3-,23,24,25,27,30,32,33)/p+1/b26-13+/t12?,14-,20-/m1/s1. The number of thiazole rings is 1. The van der Waals surface area contributed by atoms with E-state index in [1.54, 1.807) is 25.4 Å². The number of thioether (sulfide) groups is 1. The van der Waals surface area contributed by atoms with E-state index in [4.69, 9.17) is 15.3 Å². The Labute approximate surface area is 229 Å². The number of amides is 2. The Morgan fingerprint density at radius 3 is 2.92 bits per heavy atom. The van der Waals surface area contributed by atoms with Crippen molar-refractivity contribution in [3.8, 4) is 0 Å². The summed E-state index contributed by atoms with van der Waals surface area (Å²) in [6.07, 6.45) is 2.90. The normalized spacial score (nSPS) is 23.0. The number of nitrogens with zero attached hydrogens (tertiary/aromatic N) is 5. The van der Waals surface area contributed by atoms with Gasteiger partial charge in [-0.15, -0.1) is 11.8 Å². The van der Waals surface area contributed by atoms with Crippen LogP contribution in [-0.4, -0.2) is 73.7 Å². The van der Waals surface area contributed by atoms with Gasteiger partial charge in [-0.2, -0.15) is 13.9 Å². The van der Waals surface area contributed by atoms with Gasteiger partial charge in [-0.3, -0.25) is 14.5 Å². The number of rotatable bonds is 9. The van der Waals surface area contributed by atoms with E-state index in [2.05, 4.69) is 24.4 Å². The predicted octanol–water partition coefficient (Wildman–Crippen LogP) is 0.673. The van der Waals surface area contributed by atoms with Gasteiger partial charge in [-0.25, -0.2) is 4.79 Å². The van der Waals surface area contributed by atoms with Crippen LogP contribution in [0.4, 0.5) is 5.13 Å². The van der Waals surface area contributed by atoms with Gasteiger partial charge < -0.3 is 25.7 Å². The molecule has 3 aliphatic rings. The fraction of sp³-hybridized carbons (Fsp3) is 0.500. The fourth-order valence-electron chi connectivity index (χ4n) is 4.73. The highest BCUT2D eigenvalue weighted by atomic mass is 32.2. The quantitative estimate of drug-likeness (QED) is 0.166. The first-order valence-electron chi connectivity index (χ1n) is 11.9. The highest BCUT2D eigenvalue weighted by Gasteiger charge is 2.55. The minimum atomic E-state index is -1.18. The number of nitrogens with two attached hydrogens (primary N) is 1. The summed E-state index contributed by atoms with van der Waals surface area (Å²) in [5, 5.41) is 16.1. The Hall–Kier alpha value is -3.08. The molecule has 1 unspecified atom stereocenters. The first-order valence-corrected chi connectivity index (χ1v) is 14.6. The third kappa shape index (κ3) is 4.76. The molecule has 0 spiro atoms. The molecule has 4 heterocycles. The van der Waals surface area contributed by atoms with Crippen molar-refractivity contribution in [3.63, 3.8) is 0 Å². The number of methoxy groups -OCH3 is 1. The van der Waals surface area contributed by atoms with Crippen molar-refractivity contribution < 1.29 is 33.6 Å². The average molecular weight is 581 g/mol. The van der Waals surface area contributed by atoms with Crippen molar-refractivity contribution in [1.82, 2.24) is 19.6 Å². The van der Waals surface area contributed by atoms with Crippen LogP contribution in [0.15, 0.2) is 21.9 Å². The van der Waals surface area contributed by atoms with Crippen LogP contribution in [-0.2, 0) is 36.9 Å². The largest absolute Gasteiger partial charge is 0.477 e. The van der Waals surface area contributed by atoms with Gasteiger partial charge in [0.1, 0.15) is 28.6 Å². The van der Waals surface area contributed by atoms with E-state index < -0.39 is 29.2 Å². The lowest BCUT2D eigenvalue weighted by molar-refractivity contribution is -0.692. The number of fused-ring (bicyclic) bond motifs is 2. The number of oxime groups is 1. The van der Waals surface area contributed by atoms with Crippen molar-refractivity contribution in [3.05, 3.63) is 33.2 Å². The molecule has 5 rings (SSSR count).